The number of nitrogens with zero attached hydrogens (tertiary/aromatic N) is 2. The van der Waals surface area contributed by atoms with Gasteiger partial charge in [-0.1, -0.05) is 17.3 Å². The van der Waals surface area contributed by atoms with Gasteiger partial charge in [0.15, 0.2) is 5.84 Å². The molecule has 0 saturated heterocycles. The first-order valence-corrected chi connectivity index (χ1v) is 7.44. The van der Waals surface area contributed by atoms with Crippen LogP contribution in [0.1, 0.15) is 17.4 Å². The van der Waals surface area contributed by atoms with E-state index in [1.807, 2.05) is 23.4 Å². The Hall–Kier alpha value is -2.08. The molecule has 1 heterocycles. The minimum absolute atomic E-state index is 0.125. The molecule has 0 bridgehead atoms. The van der Waals surface area contributed by atoms with Crippen LogP contribution in [0.2, 0.25) is 0 Å². The Labute approximate surface area is 127 Å². The van der Waals surface area contributed by atoms with Crippen LogP contribution in [0.3, 0.4) is 0 Å². The highest BCUT2D eigenvalue weighted by Crippen LogP contribution is 2.25. The molecule has 2 aromatic rings. The second-order valence-corrected chi connectivity index (χ2v) is 5.89. The molecule has 0 fully saturated rings. The van der Waals surface area contributed by atoms with E-state index in [-0.39, 0.29) is 17.4 Å². The van der Waals surface area contributed by atoms with Gasteiger partial charge in [-0.15, -0.1) is 11.3 Å². The first kappa shape index (κ1) is 15.3. The molecule has 1 unspecified atom stereocenters. The van der Waals surface area contributed by atoms with Gasteiger partial charge in [-0.2, -0.15) is 0 Å². The number of oxime groups is 1. The zero-order valence-electron chi connectivity index (χ0n) is 12.0. The number of thiophene rings is 1. The molecule has 0 aliphatic carbocycles. The summed E-state index contributed by atoms with van der Waals surface area (Å²) in [6.45, 7) is 2.06. The minimum atomic E-state index is -0.502. The van der Waals surface area contributed by atoms with Gasteiger partial charge in [0, 0.05) is 24.4 Å². The van der Waals surface area contributed by atoms with Gasteiger partial charge in [-0.3, -0.25) is 0 Å². The summed E-state index contributed by atoms with van der Waals surface area (Å²) in [4.78, 5) is 3.20. The molecule has 3 N–H and O–H groups in total. The number of amidine groups is 1. The van der Waals surface area contributed by atoms with E-state index in [1.54, 1.807) is 23.5 Å². The van der Waals surface area contributed by atoms with Gasteiger partial charge >= 0.3 is 0 Å². The van der Waals surface area contributed by atoms with Crippen molar-refractivity contribution in [2.75, 3.05) is 11.9 Å². The predicted octanol–water partition coefficient (Wildman–Crippen LogP) is 3.05. The summed E-state index contributed by atoms with van der Waals surface area (Å²) in [6, 6.07) is 8.92. The van der Waals surface area contributed by atoms with Gasteiger partial charge in [0.1, 0.15) is 5.82 Å². The van der Waals surface area contributed by atoms with Gasteiger partial charge in [-0.25, -0.2) is 4.39 Å². The standard InChI is InChI=1S/C15H18FN3OS/c1-10(9-11-5-4-8-21-11)19(2)13-7-3-6-12(16)14(13)15(17)18-20/h3-8,10,20H,9H2,1-2H3,(H2,17,18). The Morgan fingerprint density at radius 2 is 2.19 bits per heavy atom. The molecule has 6 heteroatoms. The zero-order valence-corrected chi connectivity index (χ0v) is 12.8. The van der Waals surface area contributed by atoms with Crippen molar-refractivity contribution in [3.8, 4) is 0 Å². The highest BCUT2D eigenvalue weighted by atomic mass is 32.1. The Morgan fingerprint density at radius 1 is 1.43 bits per heavy atom. The van der Waals surface area contributed by atoms with Crippen molar-refractivity contribution in [1.29, 1.82) is 0 Å². The molecule has 1 atom stereocenters. The maximum atomic E-state index is 14.0. The number of hydrogen-bond donors (Lipinski definition) is 2. The molecule has 1 aromatic heterocycles. The largest absolute Gasteiger partial charge is 0.409 e. The van der Waals surface area contributed by atoms with Gasteiger partial charge in [0.25, 0.3) is 0 Å². The predicted molar refractivity (Wildman–Crippen MR) is 84.8 cm³/mol. The summed E-state index contributed by atoms with van der Waals surface area (Å²) < 4.78 is 14.0. The van der Waals surface area contributed by atoms with E-state index in [4.69, 9.17) is 10.9 Å². The second kappa shape index (κ2) is 6.58. The lowest BCUT2D eigenvalue weighted by atomic mass is 10.1. The van der Waals surface area contributed by atoms with E-state index < -0.39 is 5.82 Å². The molecule has 0 radical (unpaired) electrons. The van der Waals surface area contributed by atoms with Gasteiger partial charge < -0.3 is 15.8 Å². The molecule has 112 valence electrons. The zero-order chi connectivity index (χ0) is 15.4. The van der Waals surface area contributed by atoms with Crippen molar-refractivity contribution < 1.29 is 9.60 Å². The average molecular weight is 307 g/mol. The lowest BCUT2D eigenvalue weighted by Crippen LogP contribution is -2.33. The van der Waals surface area contributed by atoms with E-state index in [1.165, 1.54) is 10.9 Å². The number of halogens is 1. The Morgan fingerprint density at radius 3 is 2.81 bits per heavy atom. The van der Waals surface area contributed by atoms with Crippen molar-refractivity contribution in [3.05, 3.63) is 52.0 Å². The number of hydrogen-bond acceptors (Lipinski definition) is 4. The van der Waals surface area contributed by atoms with Crippen LogP contribution >= 0.6 is 11.3 Å². The summed E-state index contributed by atoms with van der Waals surface area (Å²) in [5, 5.41) is 13.8. The van der Waals surface area contributed by atoms with E-state index in [0.717, 1.165) is 6.42 Å². The van der Waals surface area contributed by atoms with E-state index in [2.05, 4.69) is 18.1 Å². The fourth-order valence-corrected chi connectivity index (χ4v) is 3.03. The fourth-order valence-electron chi connectivity index (χ4n) is 2.20. The molecule has 4 nitrogen and oxygen atoms in total. The highest BCUT2D eigenvalue weighted by molar-refractivity contribution is 7.09. The molecule has 0 aliphatic heterocycles. The molecule has 0 spiro atoms. The summed E-state index contributed by atoms with van der Waals surface area (Å²) in [7, 11) is 1.88. The number of nitrogens with two attached hydrogens (primary N) is 1. The summed E-state index contributed by atoms with van der Waals surface area (Å²) >= 11 is 1.69. The topological polar surface area (TPSA) is 61.8 Å². The highest BCUT2D eigenvalue weighted by Gasteiger charge is 2.19. The maximum absolute atomic E-state index is 14.0. The monoisotopic (exact) mass is 307 g/mol. The molecular formula is C15H18FN3OS. The Bertz CT molecular complexity index is 628. The van der Waals surface area contributed by atoms with E-state index in [9.17, 15) is 4.39 Å². The van der Waals surface area contributed by atoms with Crippen molar-refractivity contribution in [3.63, 3.8) is 0 Å². The Balaban J connectivity index is 2.30. The lowest BCUT2D eigenvalue weighted by molar-refractivity contribution is 0.318. The number of likely N-dealkylation sites (N-methyl/N-ethyl adjacent to an activating group) is 1. The summed E-state index contributed by atoms with van der Waals surface area (Å²) in [6.07, 6.45) is 0.848. The molecular weight excluding hydrogens is 289 g/mol. The number of rotatable bonds is 5. The average Bonchev–Trinajstić information content (AvgIpc) is 2.98. The Kier molecular flexibility index (Phi) is 4.80. The van der Waals surface area contributed by atoms with Crippen LogP contribution in [0, 0.1) is 5.82 Å². The molecule has 1 aromatic carbocycles. The molecule has 0 amide bonds. The van der Waals surface area contributed by atoms with Crippen molar-refractivity contribution in [1.82, 2.24) is 0 Å². The molecule has 0 saturated carbocycles. The SMILES string of the molecule is CC(Cc1cccs1)N(C)c1cccc(F)c1C(N)=NO. The number of benzene rings is 1. The van der Waals surface area contributed by atoms with Crippen LogP contribution in [0.5, 0.6) is 0 Å². The van der Waals surface area contributed by atoms with Crippen molar-refractivity contribution >= 4 is 22.9 Å². The maximum Gasteiger partial charge on any atom is 0.175 e. The van der Waals surface area contributed by atoms with Gasteiger partial charge in [0.05, 0.1) is 11.3 Å². The van der Waals surface area contributed by atoms with Crippen LogP contribution < -0.4 is 10.6 Å². The third-order valence-electron chi connectivity index (χ3n) is 3.47. The smallest absolute Gasteiger partial charge is 0.175 e. The van der Waals surface area contributed by atoms with E-state index >= 15 is 0 Å². The number of anilines is 1. The minimum Gasteiger partial charge on any atom is -0.409 e. The molecule has 21 heavy (non-hydrogen) atoms. The van der Waals surface area contributed by atoms with Crippen molar-refractivity contribution in [2.24, 2.45) is 10.9 Å². The first-order chi connectivity index (χ1) is 10.0. The molecule has 2 rings (SSSR count). The fraction of sp³-hybridized carbons (Fsp3) is 0.267. The third-order valence-corrected chi connectivity index (χ3v) is 4.37. The van der Waals surface area contributed by atoms with Crippen molar-refractivity contribution in [2.45, 2.75) is 19.4 Å². The quantitative estimate of drug-likeness (QED) is 0.386. The van der Waals surface area contributed by atoms with Crippen LogP contribution in [-0.2, 0) is 6.42 Å². The normalized spacial score (nSPS) is 13.2. The van der Waals surface area contributed by atoms with Crippen LogP contribution in [-0.4, -0.2) is 24.1 Å². The lowest BCUT2D eigenvalue weighted by Gasteiger charge is -2.28. The van der Waals surface area contributed by atoms with Crippen LogP contribution in [0.15, 0.2) is 40.9 Å². The van der Waals surface area contributed by atoms with Gasteiger partial charge in [-0.05, 0) is 30.5 Å². The van der Waals surface area contributed by atoms with Gasteiger partial charge in [0.2, 0.25) is 0 Å². The van der Waals surface area contributed by atoms with E-state index in [0.29, 0.717) is 5.69 Å². The third kappa shape index (κ3) is 3.33. The summed E-state index contributed by atoms with van der Waals surface area (Å²) in [5.74, 6) is -0.726. The molecule has 0 aliphatic rings. The first-order valence-electron chi connectivity index (χ1n) is 6.56. The second-order valence-electron chi connectivity index (χ2n) is 4.86. The van der Waals surface area contributed by atoms with Crippen LogP contribution in [0.25, 0.3) is 0 Å². The summed E-state index contributed by atoms with van der Waals surface area (Å²) in [5.41, 5.74) is 6.34. The van der Waals surface area contributed by atoms with Crippen LogP contribution in [0.4, 0.5) is 10.1 Å².